The minimum atomic E-state index is 0.427. The van der Waals surface area contributed by atoms with Gasteiger partial charge in [-0.15, -0.1) is 0 Å². The molecule has 18 heavy (non-hydrogen) atoms. The first-order chi connectivity index (χ1) is 8.58. The number of benzene rings is 2. The van der Waals surface area contributed by atoms with E-state index in [0.29, 0.717) is 17.3 Å². The minimum absolute atomic E-state index is 0.427. The highest BCUT2D eigenvalue weighted by molar-refractivity contribution is 6.30. The summed E-state index contributed by atoms with van der Waals surface area (Å²) in [6, 6.07) is 11.4. The molecule has 0 saturated heterocycles. The lowest BCUT2D eigenvalue weighted by Gasteiger charge is -2.12. The highest BCUT2D eigenvalue weighted by Gasteiger charge is 2.05. The molecule has 0 bridgehead atoms. The van der Waals surface area contributed by atoms with E-state index in [-0.39, 0.29) is 0 Å². The molecule has 0 radical (unpaired) electrons. The van der Waals surface area contributed by atoms with Gasteiger partial charge in [-0.1, -0.05) is 23.7 Å². The van der Waals surface area contributed by atoms with E-state index in [9.17, 15) is 0 Å². The van der Waals surface area contributed by atoms with Crippen LogP contribution in [-0.2, 0) is 6.61 Å². The van der Waals surface area contributed by atoms with Crippen molar-refractivity contribution in [1.29, 1.82) is 0 Å². The van der Waals surface area contributed by atoms with Gasteiger partial charge in [-0.3, -0.25) is 0 Å². The number of rotatable bonds is 3. The van der Waals surface area contributed by atoms with E-state index < -0.39 is 0 Å². The molecule has 0 aliphatic carbocycles. The van der Waals surface area contributed by atoms with E-state index in [2.05, 4.69) is 13.0 Å². The van der Waals surface area contributed by atoms with Crippen LogP contribution < -0.4 is 10.5 Å². The normalized spacial score (nSPS) is 10.4. The molecule has 0 spiro atoms. The number of anilines is 1. The second kappa shape index (κ2) is 5.32. The summed E-state index contributed by atoms with van der Waals surface area (Å²) < 4.78 is 5.80. The van der Waals surface area contributed by atoms with Crippen LogP contribution in [-0.4, -0.2) is 0 Å². The second-order valence-corrected chi connectivity index (χ2v) is 4.77. The van der Waals surface area contributed by atoms with Gasteiger partial charge in [0.25, 0.3) is 0 Å². The van der Waals surface area contributed by atoms with E-state index in [1.54, 1.807) is 12.1 Å². The molecule has 2 nitrogen and oxygen atoms in total. The Kier molecular flexibility index (Phi) is 3.78. The van der Waals surface area contributed by atoms with Gasteiger partial charge in [0.15, 0.2) is 0 Å². The van der Waals surface area contributed by atoms with Gasteiger partial charge >= 0.3 is 0 Å². The molecule has 0 heterocycles. The van der Waals surface area contributed by atoms with Gasteiger partial charge in [0.05, 0.1) is 0 Å². The average molecular weight is 262 g/mol. The summed E-state index contributed by atoms with van der Waals surface area (Å²) in [5.41, 5.74) is 9.85. The second-order valence-electron chi connectivity index (χ2n) is 4.33. The standard InChI is InChI=1S/C15H16ClNO/c1-10-4-3-5-15(11(10)2)18-9-12-8-13(16)6-7-14(12)17/h3-8H,9,17H2,1-2H3. The lowest BCUT2D eigenvalue weighted by atomic mass is 10.1. The molecule has 0 aliphatic heterocycles. The maximum Gasteiger partial charge on any atom is 0.122 e. The van der Waals surface area contributed by atoms with Crippen molar-refractivity contribution in [3.63, 3.8) is 0 Å². The van der Waals surface area contributed by atoms with E-state index in [1.165, 1.54) is 5.56 Å². The lowest BCUT2D eigenvalue weighted by Crippen LogP contribution is -2.01. The van der Waals surface area contributed by atoms with Crippen LogP contribution in [0.4, 0.5) is 5.69 Å². The highest BCUT2D eigenvalue weighted by Crippen LogP contribution is 2.24. The lowest BCUT2D eigenvalue weighted by molar-refractivity contribution is 0.304. The summed E-state index contributed by atoms with van der Waals surface area (Å²) in [4.78, 5) is 0. The molecular formula is C15H16ClNO. The van der Waals surface area contributed by atoms with Gasteiger partial charge in [0.2, 0.25) is 0 Å². The van der Waals surface area contributed by atoms with Crippen LogP contribution in [0, 0.1) is 13.8 Å². The molecule has 2 N–H and O–H groups in total. The third kappa shape index (κ3) is 2.77. The Morgan fingerprint density at radius 3 is 2.72 bits per heavy atom. The van der Waals surface area contributed by atoms with Crippen LogP contribution in [0.2, 0.25) is 5.02 Å². The first kappa shape index (κ1) is 12.8. The molecule has 94 valence electrons. The molecule has 0 fully saturated rings. The number of nitrogen functional groups attached to an aromatic ring is 1. The van der Waals surface area contributed by atoms with Crippen LogP contribution >= 0.6 is 11.6 Å². The average Bonchev–Trinajstić information content (AvgIpc) is 2.35. The predicted octanol–water partition coefficient (Wildman–Crippen LogP) is 4.12. The molecule has 2 aromatic rings. The van der Waals surface area contributed by atoms with Crippen molar-refractivity contribution in [3.8, 4) is 5.75 Å². The van der Waals surface area contributed by atoms with E-state index in [4.69, 9.17) is 22.1 Å². The van der Waals surface area contributed by atoms with E-state index in [1.807, 2.05) is 25.1 Å². The summed E-state index contributed by atoms with van der Waals surface area (Å²) in [6.07, 6.45) is 0. The molecular weight excluding hydrogens is 246 g/mol. The number of hydrogen-bond acceptors (Lipinski definition) is 2. The van der Waals surface area contributed by atoms with E-state index in [0.717, 1.165) is 16.9 Å². The molecule has 0 amide bonds. The zero-order chi connectivity index (χ0) is 13.1. The zero-order valence-corrected chi connectivity index (χ0v) is 11.3. The topological polar surface area (TPSA) is 35.2 Å². The number of nitrogens with two attached hydrogens (primary N) is 1. The Balaban J connectivity index is 2.16. The molecule has 0 aliphatic rings. The van der Waals surface area contributed by atoms with Gasteiger partial charge in [-0.05, 0) is 49.2 Å². The van der Waals surface area contributed by atoms with Gasteiger partial charge in [-0.25, -0.2) is 0 Å². The number of halogens is 1. The van der Waals surface area contributed by atoms with Gasteiger partial charge < -0.3 is 10.5 Å². The number of ether oxygens (including phenoxy) is 1. The van der Waals surface area contributed by atoms with Crippen LogP contribution in [0.25, 0.3) is 0 Å². The van der Waals surface area contributed by atoms with Gasteiger partial charge in [0, 0.05) is 16.3 Å². The van der Waals surface area contributed by atoms with Gasteiger partial charge in [0.1, 0.15) is 12.4 Å². The number of hydrogen-bond donors (Lipinski definition) is 1. The largest absolute Gasteiger partial charge is 0.489 e. The maximum absolute atomic E-state index is 5.94. The molecule has 3 heteroatoms. The maximum atomic E-state index is 5.94. The molecule has 0 atom stereocenters. The summed E-state index contributed by atoms with van der Waals surface area (Å²) in [6.45, 7) is 4.54. The fourth-order valence-electron chi connectivity index (χ4n) is 1.74. The fraction of sp³-hybridized carbons (Fsp3) is 0.200. The van der Waals surface area contributed by atoms with Crippen LogP contribution in [0.5, 0.6) is 5.75 Å². The first-order valence-corrected chi connectivity index (χ1v) is 6.18. The molecule has 0 aromatic heterocycles. The molecule has 2 aromatic carbocycles. The van der Waals surface area contributed by atoms with Crippen LogP contribution in [0.15, 0.2) is 36.4 Å². The predicted molar refractivity (Wildman–Crippen MR) is 76.1 cm³/mol. The Hall–Kier alpha value is -1.67. The van der Waals surface area contributed by atoms with Crippen molar-refractivity contribution >= 4 is 17.3 Å². The third-order valence-electron chi connectivity index (χ3n) is 3.04. The third-order valence-corrected chi connectivity index (χ3v) is 3.28. The van der Waals surface area contributed by atoms with Crippen LogP contribution in [0.1, 0.15) is 16.7 Å². The Morgan fingerprint density at radius 2 is 1.94 bits per heavy atom. The van der Waals surface area contributed by atoms with Crippen molar-refractivity contribution in [1.82, 2.24) is 0 Å². The van der Waals surface area contributed by atoms with Crippen molar-refractivity contribution in [3.05, 3.63) is 58.1 Å². The first-order valence-electron chi connectivity index (χ1n) is 5.81. The Labute approximate surface area is 112 Å². The summed E-state index contributed by atoms with van der Waals surface area (Å²) in [7, 11) is 0. The molecule has 0 unspecified atom stereocenters. The number of aryl methyl sites for hydroxylation is 1. The monoisotopic (exact) mass is 261 g/mol. The van der Waals surface area contributed by atoms with Crippen molar-refractivity contribution in [2.24, 2.45) is 0 Å². The van der Waals surface area contributed by atoms with Gasteiger partial charge in [-0.2, -0.15) is 0 Å². The SMILES string of the molecule is Cc1cccc(OCc2cc(Cl)ccc2N)c1C. The molecule has 2 rings (SSSR count). The Bertz CT molecular complexity index is 564. The Morgan fingerprint density at radius 1 is 1.17 bits per heavy atom. The van der Waals surface area contributed by atoms with Crippen molar-refractivity contribution in [2.75, 3.05) is 5.73 Å². The zero-order valence-electron chi connectivity index (χ0n) is 10.5. The summed E-state index contributed by atoms with van der Waals surface area (Å²) in [5.74, 6) is 0.884. The fourth-order valence-corrected chi connectivity index (χ4v) is 1.93. The highest BCUT2D eigenvalue weighted by atomic mass is 35.5. The molecule has 0 saturated carbocycles. The van der Waals surface area contributed by atoms with E-state index >= 15 is 0 Å². The smallest absolute Gasteiger partial charge is 0.122 e. The van der Waals surface area contributed by atoms with Crippen molar-refractivity contribution < 1.29 is 4.74 Å². The van der Waals surface area contributed by atoms with Crippen LogP contribution in [0.3, 0.4) is 0 Å². The minimum Gasteiger partial charge on any atom is -0.489 e. The summed E-state index contributed by atoms with van der Waals surface area (Å²) in [5, 5.41) is 0.670. The quantitative estimate of drug-likeness (QED) is 0.844. The summed E-state index contributed by atoms with van der Waals surface area (Å²) >= 11 is 5.94. The van der Waals surface area contributed by atoms with Crippen molar-refractivity contribution in [2.45, 2.75) is 20.5 Å².